The molecule has 0 spiro atoms. The number of imidazole rings is 1. The SMILES string of the molecule is Nc1ccc2c(c1)C(Cn1ccnc1)(c1ccccc1)OC2. The molecule has 4 nitrogen and oxygen atoms in total. The van der Waals surface area contributed by atoms with Crippen LogP contribution in [0.1, 0.15) is 16.7 Å². The number of ether oxygens (including phenoxy) is 1. The molecule has 2 heterocycles. The summed E-state index contributed by atoms with van der Waals surface area (Å²) in [4.78, 5) is 4.15. The molecule has 1 atom stereocenters. The van der Waals surface area contributed by atoms with E-state index in [4.69, 9.17) is 10.5 Å². The quantitative estimate of drug-likeness (QED) is 0.755. The van der Waals surface area contributed by atoms with Crippen molar-refractivity contribution >= 4 is 5.69 Å². The number of nitrogens with two attached hydrogens (primary N) is 1. The molecule has 4 heteroatoms. The molecule has 1 aromatic heterocycles. The van der Waals surface area contributed by atoms with Crippen LogP contribution in [0.15, 0.2) is 67.3 Å². The van der Waals surface area contributed by atoms with Gasteiger partial charge in [-0.2, -0.15) is 0 Å². The standard InChI is InChI=1S/C18H17N3O/c19-16-7-6-14-11-22-18(17(14)10-16,12-21-9-8-20-13-21)15-4-2-1-3-5-15/h1-10,13H,11-12,19H2. The average molecular weight is 291 g/mol. The Morgan fingerprint density at radius 3 is 2.82 bits per heavy atom. The van der Waals surface area contributed by atoms with Gasteiger partial charge in [-0.25, -0.2) is 4.98 Å². The molecular weight excluding hydrogens is 274 g/mol. The molecular formula is C18H17N3O. The van der Waals surface area contributed by atoms with E-state index in [2.05, 4.69) is 23.2 Å². The molecule has 1 unspecified atom stereocenters. The molecule has 3 aromatic rings. The van der Waals surface area contributed by atoms with Gasteiger partial charge in [0.1, 0.15) is 5.60 Å². The summed E-state index contributed by atoms with van der Waals surface area (Å²) in [6.07, 6.45) is 5.56. The van der Waals surface area contributed by atoms with E-state index >= 15 is 0 Å². The van der Waals surface area contributed by atoms with E-state index in [1.807, 2.05) is 47.4 Å². The summed E-state index contributed by atoms with van der Waals surface area (Å²) >= 11 is 0. The van der Waals surface area contributed by atoms with E-state index in [9.17, 15) is 0 Å². The predicted octanol–water partition coefficient (Wildman–Crippen LogP) is 2.94. The summed E-state index contributed by atoms with van der Waals surface area (Å²) in [5, 5.41) is 0. The Bertz CT molecular complexity index is 783. The second-order valence-electron chi connectivity index (χ2n) is 5.63. The van der Waals surface area contributed by atoms with Crippen LogP contribution in [0.3, 0.4) is 0 Å². The number of fused-ring (bicyclic) bond motifs is 1. The Morgan fingerprint density at radius 1 is 1.18 bits per heavy atom. The van der Waals surface area contributed by atoms with Gasteiger partial charge in [0, 0.05) is 18.1 Å². The smallest absolute Gasteiger partial charge is 0.137 e. The van der Waals surface area contributed by atoms with Crippen molar-refractivity contribution in [1.82, 2.24) is 9.55 Å². The Kier molecular flexibility index (Phi) is 2.98. The highest BCUT2D eigenvalue weighted by atomic mass is 16.5. The van der Waals surface area contributed by atoms with Crippen LogP contribution in [-0.4, -0.2) is 9.55 Å². The maximum absolute atomic E-state index is 6.32. The molecule has 1 aliphatic rings. The third kappa shape index (κ3) is 2.00. The molecule has 110 valence electrons. The van der Waals surface area contributed by atoms with Gasteiger partial charge in [0.2, 0.25) is 0 Å². The fourth-order valence-electron chi connectivity index (χ4n) is 3.18. The van der Waals surface area contributed by atoms with Crippen molar-refractivity contribution in [2.75, 3.05) is 5.73 Å². The predicted molar refractivity (Wildman–Crippen MR) is 85.1 cm³/mol. The molecule has 0 bridgehead atoms. The maximum Gasteiger partial charge on any atom is 0.137 e. The Hall–Kier alpha value is -2.59. The van der Waals surface area contributed by atoms with Crippen LogP contribution in [-0.2, 0) is 23.5 Å². The van der Waals surface area contributed by atoms with Crippen molar-refractivity contribution in [3.63, 3.8) is 0 Å². The first-order valence-corrected chi connectivity index (χ1v) is 7.32. The summed E-state index contributed by atoms with van der Waals surface area (Å²) in [6, 6.07) is 16.3. The van der Waals surface area contributed by atoms with Crippen LogP contribution in [0, 0.1) is 0 Å². The van der Waals surface area contributed by atoms with Gasteiger partial charge in [-0.15, -0.1) is 0 Å². The number of hydrogen-bond donors (Lipinski definition) is 1. The molecule has 2 aromatic carbocycles. The van der Waals surface area contributed by atoms with Gasteiger partial charge in [0.15, 0.2) is 0 Å². The number of benzene rings is 2. The van der Waals surface area contributed by atoms with Crippen LogP contribution in [0.25, 0.3) is 0 Å². The fraction of sp³-hybridized carbons (Fsp3) is 0.167. The van der Waals surface area contributed by atoms with Crippen LogP contribution in [0.5, 0.6) is 0 Å². The van der Waals surface area contributed by atoms with Crippen LogP contribution in [0.4, 0.5) is 5.69 Å². The number of nitrogen functional groups attached to an aromatic ring is 1. The zero-order chi connectivity index (χ0) is 15.0. The van der Waals surface area contributed by atoms with Crippen molar-refractivity contribution in [3.05, 3.63) is 83.9 Å². The van der Waals surface area contributed by atoms with Crippen molar-refractivity contribution in [1.29, 1.82) is 0 Å². The lowest BCUT2D eigenvalue weighted by Crippen LogP contribution is -2.32. The molecule has 0 fully saturated rings. The molecule has 4 rings (SSSR count). The van der Waals surface area contributed by atoms with E-state index in [-0.39, 0.29) is 0 Å². The number of rotatable bonds is 3. The summed E-state index contributed by atoms with van der Waals surface area (Å²) in [7, 11) is 0. The lowest BCUT2D eigenvalue weighted by molar-refractivity contribution is -0.0180. The summed E-state index contributed by atoms with van der Waals surface area (Å²) in [5.74, 6) is 0. The fourth-order valence-corrected chi connectivity index (χ4v) is 3.18. The molecule has 0 saturated carbocycles. The molecule has 0 saturated heterocycles. The van der Waals surface area contributed by atoms with Crippen molar-refractivity contribution < 1.29 is 4.74 Å². The zero-order valence-corrected chi connectivity index (χ0v) is 12.1. The van der Waals surface area contributed by atoms with Gasteiger partial charge >= 0.3 is 0 Å². The Labute approximate surface area is 129 Å². The summed E-state index contributed by atoms with van der Waals surface area (Å²) < 4.78 is 8.37. The van der Waals surface area contributed by atoms with Crippen molar-refractivity contribution in [2.24, 2.45) is 0 Å². The van der Waals surface area contributed by atoms with Gasteiger partial charge in [0.05, 0.1) is 19.5 Å². The zero-order valence-electron chi connectivity index (χ0n) is 12.1. The van der Waals surface area contributed by atoms with Crippen LogP contribution < -0.4 is 5.73 Å². The van der Waals surface area contributed by atoms with Gasteiger partial charge in [-0.05, 0) is 28.8 Å². The summed E-state index contributed by atoms with van der Waals surface area (Å²) in [6.45, 7) is 1.27. The highest BCUT2D eigenvalue weighted by Gasteiger charge is 2.42. The number of nitrogens with zero attached hydrogens (tertiary/aromatic N) is 2. The Balaban J connectivity index is 1.90. The average Bonchev–Trinajstić information content (AvgIpc) is 3.18. The first-order chi connectivity index (χ1) is 10.8. The number of aromatic nitrogens is 2. The summed E-state index contributed by atoms with van der Waals surface area (Å²) in [5.41, 5.74) is 9.74. The van der Waals surface area contributed by atoms with E-state index in [1.54, 1.807) is 6.20 Å². The minimum atomic E-state index is -0.521. The molecule has 1 aliphatic heterocycles. The van der Waals surface area contributed by atoms with E-state index in [0.29, 0.717) is 13.2 Å². The Morgan fingerprint density at radius 2 is 2.05 bits per heavy atom. The van der Waals surface area contributed by atoms with E-state index < -0.39 is 5.60 Å². The minimum Gasteiger partial charge on any atom is -0.399 e. The maximum atomic E-state index is 6.32. The normalized spacial score (nSPS) is 20.0. The minimum absolute atomic E-state index is 0.521. The van der Waals surface area contributed by atoms with Crippen LogP contribution >= 0.6 is 0 Å². The first-order valence-electron chi connectivity index (χ1n) is 7.32. The molecule has 22 heavy (non-hydrogen) atoms. The third-order valence-electron chi connectivity index (χ3n) is 4.25. The highest BCUT2D eigenvalue weighted by molar-refractivity contribution is 5.52. The molecule has 0 amide bonds. The molecule has 2 N–H and O–H groups in total. The van der Waals surface area contributed by atoms with Gasteiger partial charge in [-0.3, -0.25) is 0 Å². The molecule has 0 aliphatic carbocycles. The van der Waals surface area contributed by atoms with E-state index in [1.165, 1.54) is 5.56 Å². The van der Waals surface area contributed by atoms with Crippen molar-refractivity contribution in [3.8, 4) is 0 Å². The molecule has 0 radical (unpaired) electrons. The third-order valence-corrected chi connectivity index (χ3v) is 4.25. The van der Waals surface area contributed by atoms with Gasteiger partial charge in [0.25, 0.3) is 0 Å². The van der Waals surface area contributed by atoms with E-state index in [0.717, 1.165) is 16.8 Å². The lowest BCUT2D eigenvalue weighted by Gasteiger charge is -2.31. The second kappa shape index (κ2) is 5.00. The van der Waals surface area contributed by atoms with Crippen molar-refractivity contribution in [2.45, 2.75) is 18.8 Å². The van der Waals surface area contributed by atoms with Gasteiger partial charge in [-0.1, -0.05) is 36.4 Å². The van der Waals surface area contributed by atoms with Gasteiger partial charge < -0.3 is 15.0 Å². The van der Waals surface area contributed by atoms with Crippen LogP contribution in [0.2, 0.25) is 0 Å². The monoisotopic (exact) mass is 291 g/mol. The number of hydrogen-bond acceptors (Lipinski definition) is 3. The highest BCUT2D eigenvalue weighted by Crippen LogP contribution is 2.43. The topological polar surface area (TPSA) is 53.1 Å². The lowest BCUT2D eigenvalue weighted by atomic mass is 9.85. The largest absolute Gasteiger partial charge is 0.399 e. The number of anilines is 1. The second-order valence-corrected chi connectivity index (χ2v) is 5.63. The first kappa shape index (κ1) is 13.1.